The molecule has 152 valence electrons. The average Bonchev–Trinajstić information content (AvgIpc) is 2.56. The molecule has 2 rings (SSSR count). The van der Waals surface area contributed by atoms with E-state index in [0.717, 1.165) is 4.31 Å². The van der Waals surface area contributed by atoms with Gasteiger partial charge in [0.15, 0.2) is 0 Å². The predicted molar refractivity (Wildman–Crippen MR) is 108 cm³/mol. The normalized spacial score (nSPS) is 12.2. The van der Waals surface area contributed by atoms with Gasteiger partial charge in [0.05, 0.1) is 11.6 Å². The first-order valence-corrected chi connectivity index (χ1v) is 10.6. The summed E-state index contributed by atoms with van der Waals surface area (Å²) in [5.41, 5.74) is -0.0116. The van der Waals surface area contributed by atoms with Crippen molar-refractivity contribution in [2.45, 2.75) is 37.8 Å². The molecule has 5 nitrogen and oxygen atoms in total. The van der Waals surface area contributed by atoms with Crippen LogP contribution >= 0.6 is 23.2 Å². The SMILES string of the molecule is CC(C)(C)NC(=O)CN(Cc1ccc(F)cc1)S(=O)(=O)c1cc(Cl)ccc1Cl. The van der Waals surface area contributed by atoms with Crippen LogP contribution in [-0.4, -0.2) is 30.7 Å². The monoisotopic (exact) mass is 446 g/mol. The van der Waals surface area contributed by atoms with E-state index in [2.05, 4.69) is 5.32 Å². The zero-order valence-corrected chi connectivity index (χ0v) is 18.0. The minimum Gasteiger partial charge on any atom is -0.350 e. The molecule has 0 spiro atoms. The summed E-state index contributed by atoms with van der Waals surface area (Å²) < 4.78 is 40.6. The van der Waals surface area contributed by atoms with Gasteiger partial charge in [0.1, 0.15) is 10.7 Å². The molecule has 0 bridgehead atoms. The van der Waals surface area contributed by atoms with Crippen LogP contribution in [-0.2, 0) is 21.4 Å². The summed E-state index contributed by atoms with van der Waals surface area (Å²) in [5.74, 6) is -0.919. The Morgan fingerprint density at radius 2 is 1.71 bits per heavy atom. The Labute approximate surface area is 174 Å². The van der Waals surface area contributed by atoms with Crippen LogP contribution in [0.5, 0.6) is 0 Å². The number of rotatable bonds is 6. The molecule has 0 aliphatic carbocycles. The fourth-order valence-electron chi connectivity index (χ4n) is 2.45. The molecular formula is C19H21Cl2FN2O3S. The van der Waals surface area contributed by atoms with Gasteiger partial charge in [-0.3, -0.25) is 4.79 Å². The van der Waals surface area contributed by atoms with Gasteiger partial charge in [-0.15, -0.1) is 0 Å². The summed E-state index contributed by atoms with van der Waals surface area (Å²) in [5, 5.41) is 2.92. The van der Waals surface area contributed by atoms with Crippen LogP contribution in [0.2, 0.25) is 10.0 Å². The molecule has 0 saturated heterocycles. The van der Waals surface area contributed by atoms with Crippen molar-refractivity contribution < 1.29 is 17.6 Å². The van der Waals surface area contributed by atoms with Crippen molar-refractivity contribution in [2.24, 2.45) is 0 Å². The third kappa shape index (κ3) is 6.17. The minimum atomic E-state index is -4.15. The molecule has 0 atom stereocenters. The number of nitrogens with one attached hydrogen (secondary N) is 1. The summed E-state index contributed by atoms with van der Waals surface area (Å²) in [6, 6.07) is 9.45. The summed E-state index contributed by atoms with van der Waals surface area (Å²) in [6.07, 6.45) is 0. The van der Waals surface area contributed by atoms with Crippen molar-refractivity contribution in [1.29, 1.82) is 0 Å². The quantitative estimate of drug-likeness (QED) is 0.721. The van der Waals surface area contributed by atoms with E-state index in [-0.39, 0.29) is 21.5 Å². The third-order valence-corrected chi connectivity index (χ3v) is 6.13. The van der Waals surface area contributed by atoms with E-state index in [0.29, 0.717) is 5.56 Å². The maximum absolute atomic E-state index is 13.2. The van der Waals surface area contributed by atoms with Gasteiger partial charge < -0.3 is 5.32 Å². The number of sulfonamides is 1. The maximum atomic E-state index is 13.2. The molecular weight excluding hydrogens is 426 g/mol. The van der Waals surface area contributed by atoms with E-state index in [9.17, 15) is 17.6 Å². The summed E-state index contributed by atoms with van der Waals surface area (Å²) in [6.45, 7) is 4.80. The molecule has 2 aromatic rings. The van der Waals surface area contributed by atoms with Crippen molar-refractivity contribution in [3.8, 4) is 0 Å². The van der Waals surface area contributed by atoms with Gasteiger partial charge in [-0.1, -0.05) is 35.3 Å². The second-order valence-electron chi connectivity index (χ2n) is 7.27. The number of hydrogen-bond acceptors (Lipinski definition) is 3. The van der Waals surface area contributed by atoms with Gasteiger partial charge in [-0.05, 0) is 56.7 Å². The fraction of sp³-hybridized carbons (Fsp3) is 0.316. The topological polar surface area (TPSA) is 66.5 Å². The molecule has 1 N–H and O–H groups in total. The Kier molecular flexibility index (Phi) is 7.09. The Balaban J connectivity index is 2.42. The smallest absolute Gasteiger partial charge is 0.245 e. The van der Waals surface area contributed by atoms with Crippen LogP contribution < -0.4 is 5.32 Å². The zero-order valence-electron chi connectivity index (χ0n) is 15.7. The van der Waals surface area contributed by atoms with Crippen molar-refractivity contribution in [2.75, 3.05) is 6.54 Å². The fourth-order valence-corrected chi connectivity index (χ4v) is 4.57. The highest BCUT2D eigenvalue weighted by molar-refractivity contribution is 7.89. The highest BCUT2D eigenvalue weighted by Gasteiger charge is 2.30. The van der Waals surface area contributed by atoms with Crippen LogP contribution in [0.15, 0.2) is 47.4 Å². The van der Waals surface area contributed by atoms with Gasteiger partial charge in [0.2, 0.25) is 15.9 Å². The highest BCUT2D eigenvalue weighted by atomic mass is 35.5. The lowest BCUT2D eigenvalue weighted by molar-refractivity contribution is -0.122. The lowest BCUT2D eigenvalue weighted by atomic mass is 10.1. The molecule has 0 unspecified atom stereocenters. The van der Waals surface area contributed by atoms with Crippen molar-refractivity contribution >= 4 is 39.1 Å². The molecule has 0 radical (unpaired) electrons. The first-order chi connectivity index (χ1) is 12.9. The molecule has 0 fully saturated rings. The molecule has 0 heterocycles. The Morgan fingerprint density at radius 3 is 2.29 bits per heavy atom. The van der Waals surface area contributed by atoms with Gasteiger partial charge in [-0.25, -0.2) is 12.8 Å². The number of carbonyl (C=O) groups excluding carboxylic acids is 1. The lowest BCUT2D eigenvalue weighted by Crippen LogP contribution is -2.47. The average molecular weight is 447 g/mol. The van der Waals surface area contributed by atoms with Crippen LogP contribution in [0.4, 0.5) is 4.39 Å². The van der Waals surface area contributed by atoms with Crippen LogP contribution in [0.3, 0.4) is 0 Å². The number of halogens is 3. The van der Waals surface area contributed by atoms with Gasteiger partial charge in [0, 0.05) is 17.1 Å². The zero-order chi connectivity index (χ0) is 21.1. The third-order valence-electron chi connectivity index (χ3n) is 3.62. The van der Waals surface area contributed by atoms with E-state index < -0.39 is 33.8 Å². The maximum Gasteiger partial charge on any atom is 0.245 e. The van der Waals surface area contributed by atoms with Crippen LogP contribution in [0.25, 0.3) is 0 Å². The molecule has 2 aromatic carbocycles. The number of benzene rings is 2. The predicted octanol–water partition coefficient (Wildman–Crippen LogP) is 4.24. The Morgan fingerprint density at radius 1 is 1.11 bits per heavy atom. The Hall–Kier alpha value is -1.67. The van der Waals surface area contributed by atoms with Crippen molar-refractivity contribution in [3.05, 3.63) is 63.9 Å². The second kappa shape index (κ2) is 8.78. The summed E-state index contributed by atoms with van der Waals surface area (Å²) >= 11 is 12.0. The second-order valence-corrected chi connectivity index (χ2v) is 10.0. The number of hydrogen-bond donors (Lipinski definition) is 1. The summed E-state index contributed by atoms with van der Waals surface area (Å²) in [4.78, 5) is 12.2. The van der Waals surface area contributed by atoms with Crippen LogP contribution in [0.1, 0.15) is 26.3 Å². The van der Waals surface area contributed by atoms with Crippen molar-refractivity contribution in [1.82, 2.24) is 9.62 Å². The van der Waals surface area contributed by atoms with E-state index in [1.807, 2.05) is 0 Å². The minimum absolute atomic E-state index is 0.00950. The first-order valence-electron chi connectivity index (χ1n) is 8.39. The molecule has 0 saturated carbocycles. The standard InChI is InChI=1S/C19H21Cl2FN2O3S/c1-19(2,3)23-18(25)12-24(11-13-4-7-15(22)8-5-13)28(26,27)17-10-14(20)6-9-16(17)21/h4-10H,11-12H2,1-3H3,(H,23,25). The molecule has 0 aliphatic rings. The van der Waals surface area contributed by atoms with E-state index in [4.69, 9.17) is 23.2 Å². The Bertz CT molecular complexity index is 958. The van der Waals surface area contributed by atoms with Gasteiger partial charge in [-0.2, -0.15) is 4.31 Å². The van der Waals surface area contributed by atoms with Crippen LogP contribution in [0, 0.1) is 5.82 Å². The number of nitrogens with zero attached hydrogens (tertiary/aromatic N) is 1. The highest BCUT2D eigenvalue weighted by Crippen LogP contribution is 2.28. The lowest BCUT2D eigenvalue weighted by Gasteiger charge is -2.26. The van der Waals surface area contributed by atoms with E-state index >= 15 is 0 Å². The van der Waals surface area contributed by atoms with E-state index in [1.54, 1.807) is 20.8 Å². The van der Waals surface area contributed by atoms with Crippen molar-refractivity contribution in [3.63, 3.8) is 0 Å². The largest absolute Gasteiger partial charge is 0.350 e. The summed E-state index contributed by atoms with van der Waals surface area (Å²) in [7, 11) is -4.15. The molecule has 28 heavy (non-hydrogen) atoms. The number of carbonyl (C=O) groups is 1. The molecule has 0 aliphatic heterocycles. The molecule has 0 aromatic heterocycles. The molecule has 9 heteroatoms. The van der Waals surface area contributed by atoms with Gasteiger partial charge >= 0.3 is 0 Å². The molecule has 1 amide bonds. The first kappa shape index (κ1) is 22.6. The van der Waals surface area contributed by atoms with Gasteiger partial charge in [0.25, 0.3) is 0 Å². The van der Waals surface area contributed by atoms with E-state index in [1.165, 1.54) is 42.5 Å². The number of amides is 1.